The fourth-order valence-electron chi connectivity index (χ4n) is 3.01. The van der Waals surface area contributed by atoms with Crippen molar-refractivity contribution < 1.29 is 8.42 Å². The van der Waals surface area contributed by atoms with Gasteiger partial charge in [-0.15, -0.1) is 0 Å². The highest BCUT2D eigenvalue weighted by atomic mass is 32.2. The van der Waals surface area contributed by atoms with E-state index < -0.39 is 17.9 Å². The van der Waals surface area contributed by atoms with E-state index in [1.165, 1.54) is 23.3 Å². The summed E-state index contributed by atoms with van der Waals surface area (Å²) in [6.45, 7) is 8.77. The molecule has 0 saturated heterocycles. The Kier molecular flexibility index (Phi) is 5.02. The molecular formula is C13H26O2SSi. The van der Waals surface area contributed by atoms with E-state index >= 15 is 0 Å². The lowest BCUT2D eigenvalue weighted by atomic mass is 10.2. The molecule has 0 aliphatic carbocycles. The molecule has 0 radical (unpaired) electrons. The molecule has 2 nitrogen and oxygen atoms in total. The van der Waals surface area contributed by atoms with Crippen LogP contribution in [-0.4, -0.2) is 27.5 Å². The second kappa shape index (κ2) is 5.70. The van der Waals surface area contributed by atoms with Crippen molar-refractivity contribution in [3.05, 3.63) is 11.3 Å². The molecule has 1 rings (SSSR count). The van der Waals surface area contributed by atoms with Crippen LogP contribution < -0.4 is 0 Å². The van der Waals surface area contributed by atoms with Crippen LogP contribution in [-0.2, 0) is 9.84 Å². The van der Waals surface area contributed by atoms with E-state index in [9.17, 15) is 8.42 Å². The predicted octanol–water partition coefficient (Wildman–Crippen LogP) is 3.56. The molecule has 1 atom stereocenters. The highest BCUT2D eigenvalue weighted by molar-refractivity contribution is 7.92. The van der Waals surface area contributed by atoms with Crippen LogP contribution in [0.25, 0.3) is 0 Å². The molecule has 1 aliphatic rings. The van der Waals surface area contributed by atoms with Crippen LogP contribution in [0.15, 0.2) is 11.3 Å². The maximum atomic E-state index is 12.1. The maximum absolute atomic E-state index is 12.1. The molecule has 1 unspecified atom stereocenters. The molecule has 0 bridgehead atoms. The van der Waals surface area contributed by atoms with E-state index in [1.54, 1.807) is 0 Å². The normalized spacial score (nSPS) is 23.8. The highest BCUT2D eigenvalue weighted by Gasteiger charge is 2.40. The zero-order valence-electron chi connectivity index (χ0n) is 11.6. The summed E-state index contributed by atoms with van der Waals surface area (Å²) in [6.07, 6.45) is 3.88. The van der Waals surface area contributed by atoms with Gasteiger partial charge in [0.05, 0.1) is 19.1 Å². The van der Waals surface area contributed by atoms with E-state index in [1.807, 2.05) is 0 Å². The van der Waals surface area contributed by atoms with Gasteiger partial charge in [-0.3, -0.25) is 0 Å². The smallest absolute Gasteiger partial charge is 0.160 e. The molecule has 0 fully saturated rings. The Hall–Kier alpha value is -0.0931. The monoisotopic (exact) mass is 274 g/mol. The fraction of sp³-hybridized carbons (Fsp3) is 0.846. The molecule has 4 heteroatoms. The Balaban J connectivity index is 3.04. The Labute approximate surface area is 107 Å². The molecule has 1 heterocycles. The van der Waals surface area contributed by atoms with Gasteiger partial charge in [-0.05, 0) is 6.42 Å². The molecule has 0 saturated carbocycles. The van der Waals surface area contributed by atoms with E-state index in [0.717, 1.165) is 12.8 Å². The van der Waals surface area contributed by atoms with Crippen molar-refractivity contribution in [2.45, 2.75) is 63.9 Å². The first kappa shape index (κ1) is 15.0. The minimum atomic E-state index is -2.87. The SMILES string of the molecule is CCCC1C=C([Si](CC)(CC)CC)CS1(=O)=O. The lowest BCUT2D eigenvalue weighted by molar-refractivity contribution is 0.589. The maximum Gasteiger partial charge on any atom is 0.160 e. The Morgan fingerprint density at radius 2 is 1.71 bits per heavy atom. The third-order valence-corrected chi connectivity index (χ3v) is 12.5. The minimum absolute atomic E-state index is 0.181. The standard InChI is InChI=1S/C13H26O2SSi/c1-5-9-12-10-13(11-16(12,14)15)17(6-2,7-3)8-4/h10,12H,5-9,11H2,1-4H3. The van der Waals surface area contributed by atoms with Crippen LogP contribution >= 0.6 is 0 Å². The first-order chi connectivity index (χ1) is 7.95. The average Bonchev–Trinajstić information content (AvgIpc) is 2.59. The minimum Gasteiger partial charge on any atom is -0.228 e. The quantitative estimate of drug-likeness (QED) is 0.694. The zero-order valence-corrected chi connectivity index (χ0v) is 13.4. The van der Waals surface area contributed by atoms with Crippen LogP contribution in [0.2, 0.25) is 18.1 Å². The van der Waals surface area contributed by atoms with Gasteiger partial charge in [-0.1, -0.05) is 63.5 Å². The van der Waals surface area contributed by atoms with Crippen molar-refractivity contribution in [1.82, 2.24) is 0 Å². The van der Waals surface area contributed by atoms with Crippen molar-refractivity contribution in [2.24, 2.45) is 0 Å². The van der Waals surface area contributed by atoms with Gasteiger partial charge in [0.15, 0.2) is 9.84 Å². The second-order valence-electron chi connectivity index (χ2n) is 5.17. The van der Waals surface area contributed by atoms with Crippen molar-refractivity contribution in [3.8, 4) is 0 Å². The number of hydrogen-bond acceptors (Lipinski definition) is 2. The Morgan fingerprint density at radius 1 is 1.18 bits per heavy atom. The van der Waals surface area contributed by atoms with Gasteiger partial charge in [0.1, 0.15) is 0 Å². The number of sulfone groups is 1. The predicted molar refractivity (Wildman–Crippen MR) is 77.8 cm³/mol. The summed E-state index contributed by atoms with van der Waals surface area (Å²) < 4.78 is 24.3. The van der Waals surface area contributed by atoms with Gasteiger partial charge in [-0.2, -0.15) is 0 Å². The fourth-order valence-corrected chi connectivity index (χ4v) is 10.1. The van der Waals surface area contributed by atoms with Crippen LogP contribution in [0.5, 0.6) is 0 Å². The number of rotatable bonds is 6. The largest absolute Gasteiger partial charge is 0.228 e. The first-order valence-corrected chi connectivity index (χ1v) is 11.2. The molecule has 0 spiro atoms. The van der Waals surface area contributed by atoms with Gasteiger partial charge >= 0.3 is 0 Å². The molecule has 0 amide bonds. The number of hydrogen-bond donors (Lipinski definition) is 0. The van der Waals surface area contributed by atoms with Gasteiger partial charge < -0.3 is 0 Å². The van der Waals surface area contributed by atoms with Gasteiger partial charge in [-0.25, -0.2) is 8.42 Å². The highest BCUT2D eigenvalue weighted by Crippen LogP contribution is 2.35. The average molecular weight is 275 g/mol. The summed E-state index contributed by atoms with van der Waals surface area (Å²) in [6, 6.07) is 3.54. The van der Waals surface area contributed by atoms with Crippen LogP contribution in [0.1, 0.15) is 40.5 Å². The molecule has 0 aromatic heterocycles. The second-order valence-corrected chi connectivity index (χ2v) is 12.7. The van der Waals surface area contributed by atoms with Crippen molar-refractivity contribution >= 4 is 17.9 Å². The van der Waals surface area contributed by atoms with E-state index in [4.69, 9.17) is 0 Å². The third-order valence-electron chi connectivity index (χ3n) is 4.49. The molecule has 1 aliphatic heterocycles. The molecule has 0 aromatic carbocycles. The van der Waals surface area contributed by atoms with Gasteiger partial charge in [0.25, 0.3) is 0 Å². The van der Waals surface area contributed by atoms with E-state index in [-0.39, 0.29) is 5.25 Å². The molecule has 0 N–H and O–H groups in total. The molecular weight excluding hydrogens is 248 g/mol. The van der Waals surface area contributed by atoms with Crippen molar-refractivity contribution in [3.63, 3.8) is 0 Å². The molecule has 100 valence electrons. The topological polar surface area (TPSA) is 34.1 Å². The van der Waals surface area contributed by atoms with E-state index in [0.29, 0.717) is 5.75 Å². The molecule has 0 aromatic rings. The summed E-state index contributed by atoms with van der Waals surface area (Å²) in [4.78, 5) is 0. The summed E-state index contributed by atoms with van der Waals surface area (Å²) in [5.74, 6) is 0.361. The summed E-state index contributed by atoms with van der Waals surface area (Å²) in [5.41, 5.74) is 0. The van der Waals surface area contributed by atoms with Crippen molar-refractivity contribution in [2.75, 3.05) is 5.75 Å². The Bertz CT molecular complexity index is 372. The summed E-state index contributed by atoms with van der Waals surface area (Å²) >= 11 is 0. The van der Waals surface area contributed by atoms with Crippen LogP contribution in [0, 0.1) is 0 Å². The lowest BCUT2D eigenvalue weighted by Gasteiger charge is -2.29. The van der Waals surface area contributed by atoms with Crippen molar-refractivity contribution in [1.29, 1.82) is 0 Å². The van der Waals surface area contributed by atoms with E-state index in [2.05, 4.69) is 33.8 Å². The summed E-state index contributed by atoms with van der Waals surface area (Å²) in [5, 5.41) is 1.14. The summed E-state index contributed by atoms with van der Waals surface area (Å²) in [7, 11) is -4.33. The van der Waals surface area contributed by atoms with Gasteiger partial charge in [0, 0.05) is 0 Å². The lowest BCUT2D eigenvalue weighted by Crippen LogP contribution is -2.35. The van der Waals surface area contributed by atoms with Crippen LogP contribution in [0.4, 0.5) is 0 Å². The van der Waals surface area contributed by atoms with Gasteiger partial charge in [0.2, 0.25) is 0 Å². The molecule has 17 heavy (non-hydrogen) atoms. The Morgan fingerprint density at radius 3 is 2.12 bits per heavy atom. The third kappa shape index (κ3) is 2.84. The zero-order chi connectivity index (χ0) is 13.1. The first-order valence-electron chi connectivity index (χ1n) is 6.88. The van der Waals surface area contributed by atoms with Crippen LogP contribution in [0.3, 0.4) is 0 Å².